The van der Waals surface area contributed by atoms with Gasteiger partial charge >= 0.3 is 0 Å². The normalized spacial score (nSPS) is 11.0. The molecule has 0 saturated carbocycles. The van der Waals surface area contributed by atoms with Crippen molar-refractivity contribution < 1.29 is 9.59 Å². The number of hydrogen-bond acceptors (Lipinski definition) is 6. The lowest BCUT2D eigenvalue weighted by Gasteiger charge is -2.19. The van der Waals surface area contributed by atoms with Gasteiger partial charge in [0.05, 0.1) is 24.5 Å². The summed E-state index contributed by atoms with van der Waals surface area (Å²) >= 11 is 4.65. The molecule has 0 aliphatic carbocycles. The molecule has 0 bridgehead atoms. The summed E-state index contributed by atoms with van der Waals surface area (Å²) in [7, 11) is 0. The molecule has 0 fully saturated rings. The molecule has 3 aromatic heterocycles. The van der Waals surface area contributed by atoms with Crippen molar-refractivity contribution in [2.24, 2.45) is 0 Å². The van der Waals surface area contributed by atoms with Gasteiger partial charge < -0.3 is 4.90 Å². The van der Waals surface area contributed by atoms with Gasteiger partial charge in [0, 0.05) is 28.1 Å². The number of carbonyl (C=O) groups is 2. The maximum absolute atomic E-state index is 13.0. The minimum Gasteiger partial charge on any atom is -0.329 e. The molecule has 1 aromatic carbocycles. The molecular weight excluding hydrogens is 458 g/mol. The highest BCUT2D eigenvalue weighted by Gasteiger charge is 2.18. The van der Waals surface area contributed by atoms with Crippen molar-refractivity contribution >= 4 is 62.7 Å². The van der Waals surface area contributed by atoms with E-state index in [0.29, 0.717) is 23.9 Å². The standard InChI is InChI=1S/C24H21N3O2S3/c1-18(28)27(20-7-3-2-4-8-20)24-25-19(17-32-24)11-12-23(29)26(15-21-9-5-13-30-21)16-22-10-6-14-31-22/h2-14,17H,15-16H2,1H3/b12-11+. The second kappa shape index (κ2) is 10.5. The number of carbonyl (C=O) groups excluding carboxylic acids is 2. The Morgan fingerprint density at radius 1 is 0.906 bits per heavy atom. The third kappa shape index (κ3) is 5.59. The van der Waals surface area contributed by atoms with E-state index in [1.54, 1.807) is 39.7 Å². The molecule has 4 aromatic rings. The molecule has 0 unspecified atom stereocenters. The van der Waals surface area contributed by atoms with Crippen LogP contribution < -0.4 is 4.90 Å². The summed E-state index contributed by atoms with van der Waals surface area (Å²) in [5, 5.41) is 6.46. The highest BCUT2D eigenvalue weighted by Crippen LogP contribution is 2.29. The first-order chi connectivity index (χ1) is 15.6. The average molecular weight is 480 g/mol. The Hall–Kier alpha value is -3.07. The number of amides is 2. The van der Waals surface area contributed by atoms with Crippen LogP contribution in [0.1, 0.15) is 22.4 Å². The van der Waals surface area contributed by atoms with E-state index in [-0.39, 0.29) is 11.8 Å². The minimum atomic E-state index is -0.116. The first-order valence-electron chi connectivity index (χ1n) is 9.93. The van der Waals surface area contributed by atoms with Crippen LogP contribution in [-0.4, -0.2) is 21.7 Å². The van der Waals surface area contributed by atoms with Gasteiger partial charge in [-0.1, -0.05) is 30.3 Å². The maximum Gasteiger partial charge on any atom is 0.247 e. The van der Waals surface area contributed by atoms with Gasteiger partial charge in [0.2, 0.25) is 11.8 Å². The zero-order valence-corrected chi connectivity index (χ0v) is 19.8. The number of aromatic nitrogens is 1. The van der Waals surface area contributed by atoms with Crippen LogP contribution in [0.3, 0.4) is 0 Å². The summed E-state index contributed by atoms with van der Waals surface area (Å²) in [5.74, 6) is -0.192. The third-order valence-corrected chi connectivity index (χ3v) is 7.16. The average Bonchev–Trinajstić information content (AvgIpc) is 3.56. The first kappa shape index (κ1) is 22.1. The summed E-state index contributed by atoms with van der Waals surface area (Å²) in [6, 6.07) is 17.5. The molecule has 2 amide bonds. The number of nitrogens with zero attached hydrogens (tertiary/aromatic N) is 3. The van der Waals surface area contributed by atoms with Crippen molar-refractivity contribution in [1.82, 2.24) is 9.88 Å². The lowest BCUT2D eigenvalue weighted by atomic mass is 10.3. The van der Waals surface area contributed by atoms with Crippen LogP contribution in [0, 0.1) is 0 Å². The Kier molecular flexibility index (Phi) is 7.26. The van der Waals surface area contributed by atoms with E-state index in [4.69, 9.17) is 0 Å². The summed E-state index contributed by atoms with van der Waals surface area (Å²) in [6.07, 6.45) is 3.27. The quantitative estimate of drug-likeness (QED) is 0.283. The lowest BCUT2D eigenvalue weighted by molar-refractivity contribution is -0.127. The molecule has 0 aliphatic heterocycles. The zero-order valence-electron chi connectivity index (χ0n) is 17.4. The van der Waals surface area contributed by atoms with Gasteiger partial charge in [-0.05, 0) is 41.1 Å². The largest absolute Gasteiger partial charge is 0.329 e. The molecule has 0 saturated heterocycles. The number of thiazole rings is 1. The van der Waals surface area contributed by atoms with Crippen molar-refractivity contribution in [2.75, 3.05) is 4.90 Å². The van der Waals surface area contributed by atoms with Crippen LogP contribution >= 0.6 is 34.0 Å². The van der Waals surface area contributed by atoms with Gasteiger partial charge in [-0.3, -0.25) is 14.5 Å². The van der Waals surface area contributed by atoms with E-state index >= 15 is 0 Å². The smallest absolute Gasteiger partial charge is 0.247 e. The van der Waals surface area contributed by atoms with Crippen LogP contribution in [0.4, 0.5) is 10.8 Å². The fraction of sp³-hybridized carbons (Fsp3) is 0.125. The SMILES string of the molecule is CC(=O)N(c1ccccc1)c1nc(/C=C/C(=O)N(Cc2cccs2)Cc2cccs2)cs1. The summed E-state index contributed by atoms with van der Waals surface area (Å²) in [6.45, 7) is 2.64. The fourth-order valence-corrected chi connectivity index (χ4v) is 5.41. The van der Waals surface area contributed by atoms with E-state index in [1.807, 2.05) is 75.6 Å². The first-order valence-corrected chi connectivity index (χ1v) is 12.6. The predicted molar refractivity (Wildman–Crippen MR) is 133 cm³/mol. The minimum absolute atomic E-state index is 0.0761. The molecule has 3 heterocycles. The van der Waals surface area contributed by atoms with Crippen LogP contribution in [0.5, 0.6) is 0 Å². The molecular formula is C24H21N3O2S3. The van der Waals surface area contributed by atoms with E-state index in [1.165, 1.54) is 18.3 Å². The van der Waals surface area contributed by atoms with Crippen molar-refractivity contribution in [3.63, 3.8) is 0 Å². The Morgan fingerprint density at radius 2 is 1.56 bits per heavy atom. The van der Waals surface area contributed by atoms with Crippen molar-refractivity contribution in [1.29, 1.82) is 0 Å². The Bertz CT molecular complexity index is 1150. The molecule has 5 nitrogen and oxygen atoms in total. The Balaban J connectivity index is 1.50. The van der Waals surface area contributed by atoms with Crippen LogP contribution in [0.2, 0.25) is 0 Å². The number of hydrogen-bond donors (Lipinski definition) is 0. The molecule has 4 rings (SSSR count). The van der Waals surface area contributed by atoms with Gasteiger partial charge in [-0.25, -0.2) is 4.98 Å². The number of benzene rings is 1. The zero-order chi connectivity index (χ0) is 22.3. The second-order valence-electron chi connectivity index (χ2n) is 6.93. The topological polar surface area (TPSA) is 53.5 Å². The summed E-state index contributed by atoms with van der Waals surface area (Å²) in [4.78, 5) is 35.5. The van der Waals surface area contributed by atoms with E-state index < -0.39 is 0 Å². The molecule has 0 radical (unpaired) electrons. The van der Waals surface area contributed by atoms with E-state index in [2.05, 4.69) is 4.98 Å². The van der Waals surface area contributed by atoms with Crippen LogP contribution in [-0.2, 0) is 22.7 Å². The molecule has 0 N–H and O–H groups in total. The monoisotopic (exact) mass is 479 g/mol. The lowest BCUT2D eigenvalue weighted by Crippen LogP contribution is -2.27. The number of anilines is 2. The Labute approximate surface area is 198 Å². The number of para-hydroxylation sites is 1. The molecule has 0 aliphatic rings. The van der Waals surface area contributed by atoms with Crippen LogP contribution in [0.25, 0.3) is 6.08 Å². The van der Waals surface area contributed by atoms with E-state index in [0.717, 1.165) is 15.4 Å². The third-order valence-electron chi connectivity index (χ3n) is 4.59. The van der Waals surface area contributed by atoms with Crippen LogP contribution in [0.15, 0.2) is 76.8 Å². The molecule has 0 spiro atoms. The van der Waals surface area contributed by atoms with Crippen molar-refractivity contribution in [3.05, 3.63) is 92.3 Å². The second-order valence-corrected chi connectivity index (χ2v) is 9.83. The maximum atomic E-state index is 13.0. The highest BCUT2D eigenvalue weighted by atomic mass is 32.1. The fourth-order valence-electron chi connectivity index (χ4n) is 3.11. The highest BCUT2D eigenvalue weighted by molar-refractivity contribution is 7.14. The van der Waals surface area contributed by atoms with Gasteiger partial charge in [-0.15, -0.1) is 34.0 Å². The van der Waals surface area contributed by atoms with Crippen molar-refractivity contribution in [3.8, 4) is 0 Å². The number of rotatable bonds is 8. The van der Waals surface area contributed by atoms with Crippen molar-refractivity contribution in [2.45, 2.75) is 20.0 Å². The van der Waals surface area contributed by atoms with Gasteiger partial charge in [0.1, 0.15) is 0 Å². The molecule has 0 atom stereocenters. The predicted octanol–water partition coefficient (Wildman–Crippen LogP) is 6.19. The molecule has 8 heteroatoms. The Morgan fingerprint density at radius 3 is 2.12 bits per heavy atom. The molecule has 32 heavy (non-hydrogen) atoms. The summed E-state index contributed by atoms with van der Waals surface area (Å²) < 4.78 is 0. The van der Waals surface area contributed by atoms with E-state index in [9.17, 15) is 9.59 Å². The van der Waals surface area contributed by atoms with Gasteiger partial charge in [0.15, 0.2) is 5.13 Å². The summed E-state index contributed by atoms with van der Waals surface area (Å²) in [5.41, 5.74) is 1.41. The number of thiophene rings is 2. The van der Waals surface area contributed by atoms with Gasteiger partial charge in [-0.2, -0.15) is 0 Å². The van der Waals surface area contributed by atoms with Gasteiger partial charge in [0.25, 0.3) is 0 Å². The molecule has 162 valence electrons.